The predicted molar refractivity (Wildman–Crippen MR) is 79.4 cm³/mol. The van der Waals surface area contributed by atoms with Crippen LogP contribution in [0.2, 0.25) is 0 Å². The molecule has 0 bridgehead atoms. The second kappa shape index (κ2) is 6.54. The first kappa shape index (κ1) is 14.6. The molecule has 1 aromatic carbocycles. The number of fused-ring (bicyclic) bond motifs is 1. The summed E-state index contributed by atoms with van der Waals surface area (Å²) in [7, 11) is 5.13. The van der Waals surface area contributed by atoms with Gasteiger partial charge in [0, 0.05) is 37.7 Å². The van der Waals surface area contributed by atoms with Crippen molar-refractivity contribution in [3.05, 3.63) is 30.5 Å². The zero-order valence-corrected chi connectivity index (χ0v) is 12.0. The smallest absolute Gasteiger partial charge is 0.136 e. The maximum atomic E-state index is 9.83. The molecule has 108 valence electrons. The Morgan fingerprint density at radius 1 is 1.25 bits per heavy atom. The Kier molecular flexibility index (Phi) is 4.76. The lowest BCUT2D eigenvalue weighted by molar-refractivity contribution is 0.0694. The molecule has 0 aliphatic carbocycles. The van der Waals surface area contributed by atoms with E-state index in [9.17, 15) is 5.11 Å². The van der Waals surface area contributed by atoms with Gasteiger partial charge in [0.15, 0.2) is 0 Å². The Morgan fingerprint density at radius 3 is 2.75 bits per heavy atom. The van der Waals surface area contributed by atoms with Gasteiger partial charge in [-0.05, 0) is 12.1 Å². The number of anilines is 1. The van der Waals surface area contributed by atoms with Gasteiger partial charge in [-0.1, -0.05) is 12.1 Å². The molecule has 5 nitrogen and oxygen atoms in total. The average Bonchev–Trinajstić information content (AvgIpc) is 2.46. The number of nitrogens with zero attached hydrogens (tertiary/aromatic N) is 2. The van der Waals surface area contributed by atoms with Gasteiger partial charge < -0.3 is 19.5 Å². The number of methoxy groups -OCH3 is 2. The standard InChI is InChI=1S/C15H20N2O3/c1-17(9-11(18)10-19-2)15-13-5-4-6-14(20-3)12(13)7-8-16-15/h4-8,11,18H,9-10H2,1-3H3. The minimum Gasteiger partial charge on any atom is -0.496 e. The summed E-state index contributed by atoms with van der Waals surface area (Å²) in [5.41, 5.74) is 0. The van der Waals surface area contributed by atoms with Crippen molar-refractivity contribution in [3.8, 4) is 5.75 Å². The predicted octanol–water partition coefficient (Wildman–Crippen LogP) is 1.69. The highest BCUT2D eigenvalue weighted by Crippen LogP contribution is 2.30. The van der Waals surface area contributed by atoms with E-state index in [1.54, 1.807) is 20.4 Å². The number of benzene rings is 1. The molecule has 0 radical (unpaired) electrons. The van der Waals surface area contributed by atoms with Crippen molar-refractivity contribution in [2.45, 2.75) is 6.10 Å². The first-order valence-corrected chi connectivity index (χ1v) is 6.47. The fraction of sp³-hybridized carbons (Fsp3) is 0.400. The van der Waals surface area contributed by atoms with Gasteiger partial charge in [0.25, 0.3) is 0 Å². The van der Waals surface area contributed by atoms with E-state index in [0.717, 1.165) is 22.3 Å². The molecule has 1 atom stereocenters. The summed E-state index contributed by atoms with van der Waals surface area (Å²) in [6.45, 7) is 0.760. The second-order valence-electron chi connectivity index (χ2n) is 4.68. The van der Waals surface area contributed by atoms with Crippen LogP contribution in [0.25, 0.3) is 10.8 Å². The summed E-state index contributed by atoms with van der Waals surface area (Å²) in [6, 6.07) is 7.79. The van der Waals surface area contributed by atoms with E-state index in [2.05, 4.69) is 4.98 Å². The number of aliphatic hydroxyl groups excluding tert-OH is 1. The van der Waals surface area contributed by atoms with Gasteiger partial charge in [-0.2, -0.15) is 0 Å². The fourth-order valence-electron chi connectivity index (χ4n) is 2.29. The first-order chi connectivity index (χ1) is 9.67. The summed E-state index contributed by atoms with van der Waals surface area (Å²) in [6.07, 6.45) is 1.20. The van der Waals surface area contributed by atoms with Gasteiger partial charge in [-0.3, -0.25) is 0 Å². The maximum absolute atomic E-state index is 9.83. The molecule has 5 heteroatoms. The van der Waals surface area contributed by atoms with E-state index in [0.29, 0.717) is 13.2 Å². The molecule has 0 aliphatic heterocycles. The van der Waals surface area contributed by atoms with E-state index in [1.807, 2.05) is 36.2 Å². The summed E-state index contributed by atoms with van der Waals surface area (Å²) in [5, 5.41) is 11.8. The third kappa shape index (κ3) is 3.00. The second-order valence-corrected chi connectivity index (χ2v) is 4.68. The van der Waals surface area contributed by atoms with Crippen LogP contribution in [0.4, 0.5) is 5.82 Å². The van der Waals surface area contributed by atoms with Crippen molar-refractivity contribution in [2.75, 3.05) is 39.3 Å². The summed E-state index contributed by atoms with van der Waals surface area (Å²) < 4.78 is 10.3. The van der Waals surface area contributed by atoms with Crippen LogP contribution >= 0.6 is 0 Å². The molecule has 1 heterocycles. The highest BCUT2D eigenvalue weighted by Gasteiger charge is 2.13. The van der Waals surface area contributed by atoms with Crippen molar-refractivity contribution < 1.29 is 14.6 Å². The highest BCUT2D eigenvalue weighted by atomic mass is 16.5. The van der Waals surface area contributed by atoms with Crippen LogP contribution < -0.4 is 9.64 Å². The molecular formula is C15H20N2O3. The number of hydrogen-bond acceptors (Lipinski definition) is 5. The monoisotopic (exact) mass is 276 g/mol. The molecule has 2 aromatic rings. The number of hydrogen-bond donors (Lipinski definition) is 1. The van der Waals surface area contributed by atoms with Crippen LogP contribution in [0, 0.1) is 0 Å². The molecule has 20 heavy (non-hydrogen) atoms. The van der Waals surface area contributed by atoms with Crippen LogP contribution in [0.5, 0.6) is 5.75 Å². The number of pyridine rings is 1. The van der Waals surface area contributed by atoms with Gasteiger partial charge in [0.05, 0.1) is 19.8 Å². The maximum Gasteiger partial charge on any atom is 0.136 e. The molecular weight excluding hydrogens is 256 g/mol. The minimum absolute atomic E-state index is 0.304. The Hall–Kier alpha value is -1.85. The number of aromatic nitrogens is 1. The zero-order chi connectivity index (χ0) is 14.5. The van der Waals surface area contributed by atoms with Crippen LogP contribution in [0.1, 0.15) is 0 Å². The number of rotatable bonds is 6. The van der Waals surface area contributed by atoms with Gasteiger partial charge in [-0.25, -0.2) is 4.98 Å². The summed E-state index contributed by atoms with van der Waals surface area (Å²) in [5.74, 6) is 1.63. The molecule has 1 unspecified atom stereocenters. The Morgan fingerprint density at radius 2 is 2.05 bits per heavy atom. The van der Waals surface area contributed by atoms with Crippen molar-refractivity contribution in [3.63, 3.8) is 0 Å². The van der Waals surface area contributed by atoms with E-state index in [1.165, 1.54) is 0 Å². The number of ether oxygens (including phenoxy) is 2. The lowest BCUT2D eigenvalue weighted by atomic mass is 10.1. The molecule has 1 aromatic heterocycles. The lowest BCUT2D eigenvalue weighted by Crippen LogP contribution is -2.32. The van der Waals surface area contributed by atoms with Gasteiger partial charge in [0.2, 0.25) is 0 Å². The van der Waals surface area contributed by atoms with E-state index < -0.39 is 6.10 Å². The third-order valence-electron chi connectivity index (χ3n) is 3.17. The molecule has 0 saturated heterocycles. The Bertz CT molecular complexity index is 574. The SMILES string of the molecule is COCC(O)CN(C)c1nccc2c(OC)cccc12. The largest absolute Gasteiger partial charge is 0.496 e. The Balaban J connectivity index is 2.34. The van der Waals surface area contributed by atoms with Crippen LogP contribution in [0.3, 0.4) is 0 Å². The summed E-state index contributed by atoms with van der Waals surface area (Å²) >= 11 is 0. The van der Waals surface area contributed by atoms with Crippen molar-refractivity contribution in [1.82, 2.24) is 4.98 Å². The molecule has 0 fully saturated rings. The van der Waals surface area contributed by atoms with Gasteiger partial charge in [-0.15, -0.1) is 0 Å². The van der Waals surface area contributed by atoms with E-state index in [-0.39, 0.29) is 0 Å². The normalized spacial score (nSPS) is 12.4. The fourth-order valence-corrected chi connectivity index (χ4v) is 2.29. The third-order valence-corrected chi connectivity index (χ3v) is 3.17. The topological polar surface area (TPSA) is 54.8 Å². The number of aliphatic hydroxyl groups is 1. The quantitative estimate of drug-likeness (QED) is 0.870. The average molecular weight is 276 g/mol. The molecule has 0 aliphatic rings. The number of likely N-dealkylation sites (N-methyl/N-ethyl adjacent to an activating group) is 1. The van der Waals surface area contributed by atoms with Crippen molar-refractivity contribution in [2.24, 2.45) is 0 Å². The van der Waals surface area contributed by atoms with E-state index >= 15 is 0 Å². The zero-order valence-electron chi connectivity index (χ0n) is 12.0. The minimum atomic E-state index is -0.548. The van der Waals surface area contributed by atoms with E-state index in [4.69, 9.17) is 9.47 Å². The first-order valence-electron chi connectivity index (χ1n) is 6.47. The molecule has 2 rings (SSSR count). The highest BCUT2D eigenvalue weighted by molar-refractivity contribution is 5.96. The van der Waals surface area contributed by atoms with Gasteiger partial charge >= 0.3 is 0 Å². The van der Waals surface area contributed by atoms with Crippen LogP contribution in [-0.2, 0) is 4.74 Å². The van der Waals surface area contributed by atoms with Crippen molar-refractivity contribution in [1.29, 1.82) is 0 Å². The molecule has 0 saturated carbocycles. The Labute approximate surface area is 118 Å². The molecule has 1 N–H and O–H groups in total. The van der Waals surface area contributed by atoms with Gasteiger partial charge in [0.1, 0.15) is 11.6 Å². The molecule has 0 spiro atoms. The van der Waals surface area contributed by atoms with Crippen LogP contribution in [0.15, 0.2) is 30.5 Å². The lowest BCUT2D eigenvalue weighted by Gasteiger charge is -2.23. The van der Waals surface area contributed by atoms with Crippen molar-refractivity contribution >= 4 is 16.6 Å². The molecule has 0 amide bonds. The summed E-state index contributed by atoms with van der Waals surface area (Å²) in [4.78, 5) is 6.34. The van der Waals surface area contributed by atoms with Crippen LogP contribution in [-0.4, -0.2) is 50.6 Å².